The molecule has 2 rings (SSSR count). The molecule has 0 saturated carbocycles. The number of hydrogen-bond donors (Lipinski definition) is 1. The van der Waals surface area contributed by atoms with Gasteiger partial charge in [-0.1, -0.05) is 48.0 Å². The summed E-state index contributed by atoms with van der Waals surface area (Å²) in [5.41, 5.74) is 1.75. The van der Waals surface area contributed by atoms with Crippen molar-refractivity contribution in [3.05, 3.63) is 65.2 Å². The second-order valence-electron chi connectivity index (χ2n) is 5.41. The second kappa shape index (κ2) is 9.07. The number of hydrogen-bond acceptors (Lipinski definition) is 3. The van der Waals surface area contributed by atoms with Crippen LogP contribution in [0.15, 0.2) is 54.6 Å². The number of anilines is 1. The fourth-order valence-corrected chi connectivity index (χ4v) is 2.74. The molecule has 0 aliphatic heterocycles. The van der Waals surface area contributed by atoms with Gasteiger partial charge in [0.25, 0.3) is 0 Å². The Morgan fingerprint density at radius 1 is 1.21 bits per heavy atom. The lowest BCUT2D eigenvalue weighted by Gasteiger charge is -2.23. The van der Waals surface area contributed by atoms with E-state index < -0.39 is 0 Å². The molecule has 0 fully saturated rings. The molecule has 0 heterocycles. The third kappa shape index (κ3) is 4.82. The van der Waals surface area contributed by atoms with Crippen molar-refractivity contribution in [2.24, 2.45) is 0 Å². The second-order valence-corrected chi connectivity index (χ2v) is 5.82. The van der Waals surface area contributed by atoms with E-state index in [0.29, 0.717) is 18.0 Å². The first-order chi connectivity index (χ1) is 11.6. The van der Waals surface area contributed by atoms with E-state index in [-0.39, 0.29) is 18.5 Å². The van der Waals surface area contributed by atoms with Crippen molar-refractivity contribution < 1.29 is 4.79 Å². The number of carbonyl (C=O) groups is 1. The Kier molecular flexibility index (Phi) is 6.80. The van der Waals surface area contributed by atoms with E-state index >= 15 is 0 Å². The molecule has 24 heavy (non-hydrogen) atoms. The van der Waals surface area contributed by atoms with Crippen LogP contribution in [-0.2, 0) is 4.79 Å². The van der Waals surface area contributed by atoms with E-state index in [0.717, 1.165) is 11.3 Å². The molecule has 0 spiro atoms. The molecule has 4 nitrogen and oxygen atoms in total. The van der Waals surface area contributed by atoms with Crippen LogP contribution in [0.2, 0.25) is 5.02 Å². The highest BCUT2D eigenvalue weighted by molar-refractivity contribution is 6.31. The molecule has 0 saturated heterocycles. The van der Waals surface area contributed by atoms with Crippen LogP contribution in [0.4, 0.5) is 5.69 Å². The van der Waals surface area contributed by atoms with Crippen molar-refractivity contribution in [3.8, 4) is 6.07 Å². The van der Waals surface area contributed by atoms with Gasteiger partial charge in [-0.3, -0.25) is 4.79 Å². The lowest BCUT2D eigenvalue weighted by atomic mass is 10.1. The first-order valence-electron chi connectivity index (χ1n) is 7.83. The Morgan fingerprint density at radius 3 is 2.54 bits per heavy atom. The van der Waals surface area contributed by atoms with E-state index in [4.69, 9.17) is 16.9 Å². The van der Waals surface area contributed by atoms with Crippen LogP contribution in [0.25, 0.3) is 0 Å². The summed E-state index contributed by atoms with van der Waals surface area (Å²) in [5, 5.41) is 12.7. The van der Waals surface area contributed by atoms with Crippen molar-refractivity contribution in [2.75, 3.05) is 18.0 Å². The fraction of sp³-hybridized carbons (Fsp3) is 0.263. The highest BCUT2D eigenvalue weighted by Gasteiger charge is 2.17. The van der Waals surface area contributed by atoms with Crippen molar-refractivity contribution >= 4 is 23.2 Å². The van der Waals surface area contributed by atoms with Crippen LogP contribution < -0.4 is 10.2 Å². The van der Waals surface area contributed by atoms with Crippen LogP contribution in [0.5, 0.6) is 0 Å². The molecule has 5 heteroatoms. The van der Waals surface area contributed by atoms with E-state index in [1.54, 1.807) is 4.90 Å². The van der Waals surface area contributed by atoms with E-state index in [9.17, 15) is 4.79 Å². The van der Waals surface area contributed by atoms with Gasteiger partial charge in [0.2, 0.25) is 5.91 Å². The molecule has 2 aromatic carbocycles. The van der Waals surface area contributed by atoms with Gasteiger partial charge in [-0.2, -0.15) is 5.26 Å². The molecular formula is C19H20ClN3O. The molecule has 2 aromatic rings. The predicted molar refractivity (Wildman–Crippen MR) is 96.9 cm³/mol. The summed E-state index contributed by atoms with van der Waals surface area (Å²) >= 11 is 6.19. The minimum Gasteiger partial charge on any atom is -0.310 e. The molecular weight excluding hydrogens is 322 g/mol. The summed E-state index contributed by atoms with van der Waals surface area (Å²) in [6, 6.07) is 19.0. The van der Waals surface area contributed by atoms with E-state index in [1.165, 1.54) is 0 Å². The van der Waals surface area contributed by atoms with Crippen molar-refractivity contribution in [3.63, 3.8) is 0 Å². The minimum absolute atomic E-state index is 0.0451. The normalized spacial score (nSPS) is 11.5. The molecule has 0 radical (unpaired) electrons. The predicted octanol–water partition coefficient (Wildman–Crippen LogP) is 3.94. The number of nitriles is 1. The number of benzene rings is 2. The molecule has 1 atom stereocenters. The maximum absolute atomic E-state index is 12.6. The van der Waals surface area contributed by atoms with Gasteiger partial charge in [0.05, 0.1) is 19.0 Å². The van der Waals surface area contributed by atoms with E-state index in [1.807, 2.05) is 61.5 Å². The molecule has 1 amide bonds. The summed E-state index contributed by atoms with van der Waals surface area (Å²) in [7, 11) is 0. The van der Waals surface area contributed by atoms with Gasteiger partial charge in [-0.15, -0.1) is 0 Å². The van der Waals surface area contributed by atoms with Gasteiger partial charge < -0.3 is 10.2 Å². The van der Waals surface area contributed by atoms with Gasteiger partial charge in [-0.25, -0.2) is 0 Å². The van der Waals surface area contributed by atoms with E-state index in [2.05, 4.69) is 11.4 Å². The van der Waals surface area contributed by atoms with Crippen LogP contribution >= 0.6 is 11.6 Å². The lowest BCUT2D eigenvalue weighted by Crippen LogP contribution is -2.39. The largest absolute Gasteiger partial charge is 0.310 e. The zero-order chi connectivity index (χ0) is 17.4. The first kappa shape index (κ1) is 18.0. The van der Waals surface area contributed by atoms with Crippen LogP contribution in [0.3, 0.4) is 0 Å². The van der Waals surface area contributed by atoms with Gasteiger partial charge in [0.15, 0.2) is 0 Å². The number of amides is 1. The summed E-state index contributed by atoms with van der Waals surface area (Å²) < 4.78 is 0. The monoisotopic (exact) mass is 341 g/mol. The molecule has 1 unspecified atom stereocenters. The smallest absolute Gasteiger partial charge is 0.240 e. The van der Waals surface area contributed by atoms with Crippen molar-refractivity contribution in [1.29, 1.82) is 5.26 Å². The number of rotatable bonds is 7. The third-order valence-corrected chi connectivity index (χ3v) is 4.09. The standard InChI is InChI=1S/C19H20ClN3O/c1-15(17-10-5-6-11-18(17)20)22-14-19(24)23(13-7-12-21)16-8-3-2-4-9-16/h2-6,8-11,15,22H,7,13-14H2,1H3. The Balaban J connectivity index is 2.03. The Hall–Kier alpha value is -2.35. The Labute approximate surface area is 147 Å². The summed E-state index contributed by atoms with van der Waals surface area (Å²) in [5.74, 6) is -0.0737. The molecule has 124 valence electrons. The molecule has 0 aromatic heterocycles. The first-order valence-corrected chi connectivity index (χ1v) is 8.21. The highest BCUT2D eigenvalue weighted by Crippen LogP contribution is 2.22. The summed E-state index contributed by atoms with van der Waals surface area (Å²) in [4.78, 5) is 14.2. The van der Waals surface area contributed by atoms with Gasteiger partial charge in [-0.05, 0) is 30.7 Å². The lowest BCUT2D eigenvalue weighted by molar-refractivity contribution is -0.117. The maximum atomic E-state index is 12.6. The number of nitrogens with one attached hydrogen (secondary N) is 1. The number of carbonyl (C=O) groups excluding carboxylic acids is 1. The van der Waals surface area contributed by atoms with Crippen LogP contribution in [0, 0.1) is 11.3 Å². The fourth-order valence-electron chi connectivity index (χ4n) is 2.44. The van der Waals surface area contributed by atoms with Crippen LogP contribution in [-0.4, -0.2) is 19.0 Å². The summed E-state index contributed by atoms with van der Waals surface area (Å²) in [6.45, 7) is 2.52. The number of halogens is 1. The highest BCUT2D eigenvalue weighted by atomic mass is 35.5. The number of nitrogens with zero attached hydrogens (tertiary/aromatic N) is 2. The van der Waals surface area contributed by atoms with Crippen molar-refractivity contribution in [2.45, 2.75) is 19.4 Å². The van der Waals surface area contributed by atoms with Gasteiger partial charge in [0.1, 0.15) is 0 Å². The quantitative estimate of drug-likeness (QED) is 0.830. The number of para-hydroxylation sites is 1. The van der Waals surface area contributed by atoms with Gasteiger partial charge >= 0.3 is 0 Å². The minimum atomic E-state index is -0.0737. The molecule has 0 aliphatic carbocycles. The molecule has 0 bridgehead atoms. The topological polar surface area (TPSA) is 56.1 Å². The third-order valence-electron chi connectivity index (χ3n) is 3.75. The zero-order valence-corrected chi connectivity index (χ0v) is 14.3. The van der Waals surface area contributed by atoms with Crippen LogP contribution in [0.1, 0.15) is 24.9 Å². The Bertz CT molecular complexity index is 712. The average molecular weight is 342 g/mol. The summed E-state index contributed by atoms with van der Waals surface area (Å²) in [6.07, 6.45) is 0.292. The Morgan fingerprint density at radius 2 is 1.88 bits per heavy atom. The maximum Gasteiger partial charge on any atom is 0.240 e. The average Bonchev–Trinajstić information content (AvgIpc) is 2.61. The van der Waals surface area contributed by atoms with Gasteiger partial charge in [0, 0.05) is 23.3 Å². The zero-order valence-electron chi connectivity index (χ0n) is 13.6. The van der Waals surface area contributed by atoms with Crippen molar-refractivity contribution in [1.82, 2.24) is 5.32 Å². The molecule has 0 aliphatic rings. The SMILES string of the molecule is CC(NCC(=O)N(CCC#N)c1ccccc1)c1ccccc1Cl. The molecule has 1 N–H and O–H groups in total.